The monoisotopic (exact) mass is 392 g/mol. The van der Waals surface area contributed by atoms with Crippen molar-refractivity contribution in [2.24, 2.45) is 5.92 Å². The van der Waals surface area contributed by atoms with E-state index in [-0.39, 0.29) is 17.6 Å². The predicted octanol–water partition coefficient (Wildman–Crippen LogP) is 3.37. The third-order valence-electron chi connectivity index (χ3n) is 6.30. The first kappa shape index (κ1) is 19.8. The third kappa shape index (κ3) is 4.26. The number of carbonyl (C=O) groups is 2. The number of rotatable bonds is 4. The van der Waals surface area contributed by atoms with Crippen LogP contribution in [0.1, 0.15) is 47.7 Å². The summed E-state index contributed by atoms with van der Waals surface area (Å²) in [5.74, 6) is 0.0899. The second-order valence-corrected chi connectivity index (χ2v) is 8.35. The topological polar surface area (TPSA) is 69.6 Å². The van der Waals surface area contributed by atoms with Crippen LogP contribution in [0.4, 0.5) is 5.69 Å². The fourth-order valence-electron chi connectivity index (χ4n) is 4.63. The van der Waals surface area contributed by atoms with E-state index >= 15 is 0 Å². The molecular weight excluding hydrogens is 364 g/mol. The summed E-state index contributed by atoms with van der Waals surface area (Å²) in [5, 5.41) is 13.8. The van der Waals surface area contributed by atoms with E-state index in [2.05, 4.69) is 10.2 Å². The van der Waals surface area contributed by atoms with E-state index in [0.717, 1.165) is 54.9 Å². The Kier molecular flexibility index (Phi) is 5.52. The first-order valence-corrected chi connectivity index (χ1v) is 10.4. The number of benzene rings is 2. The highest BCUT2D eigenvalue weighted by Crippen LogP contribution is 2.34. The van der Waals surface area contributed by atoms with Crippen LogP contribution in [0.3, 0.4) is 0 Å². The van der Waals surface area contributed by atoms with Crippen molar-refractivity contribution in [3.8, 4) is 0 Å². The van der Waals surface area contributed by atoms with Gasteiger partial charge in [0.15, 0.2) is 5.78 Å². The normalized spacial score (nSPS) is 21.4. The van der Waals surface area contributed by atoms with Gasteiger partial charge in [0, 0.05) is 43.7 Å². The van der Waals surface area contributed by atoms with E-state index in [1.54, 1.807) is 6.07 Å². The lowest BCUT2D eigenvalue weighted by molar-refractivity contribution is -0.114. The molecule has 1 heterocycles. The summed E-state index contributed by atoms with van der Waals surface area (Å²) in [6.07, 6.45) is 3.05. The van der Waals surface area contributed by atoms with Crippen molar-refractivity contribution in [3.63, 3.8) is 0 Å². The maximum absolute atomic E-state index is 13.0. The number of aliphatic hydroxyl groups is 1. The zero-order valence-electron chi connectivity index (χ0n) is 16.9. The van der Waals surface area contributed by atoms with Crippen molar-refractivity contribution >= 4 is 17.4 Å². The number of Topliss-reactive ketones (excluding diaryl/α,β-unsaturated/α-hetero) is 1. The summed E-state index contributed by atoms with van der Waals surface area (Å²) in [6.45, 7) is 3.82. The first-order valence-electron chi connectivity index (χ1n) is 10.4. The molecule has 0 bridgehead atoms. The maximum atomic E-state index is 13.0. The van der Waals surface area contributed by atoms with Crippen molar-refractivity contribution in [3.05, 3.63) is 65.2 Å². The lowest BCUT2D eigenvalue weighted by atomic mass is 9.81. The minimum Gasteiger partial charge on any atom is -0.385 e. The van der Waals surface area contributed by atoms with Crippen LogP contribution in [-0.4, -0.2) is 41.3 Å². The Hall–Kier alpha value is -2.50. The molecule has 1 aliphatic heterocycles. The number of carbonyl (C=O) groups excluding carboxylic acids is 2. The van der Waals surface area contributed by atoms with Crippen LogP contribution in [0, 0.1) is 5.92 Å². The molecule has 29 heavy (non-hydrogen) atoms. The molecule has 1 atom stereocenters. The molecule has 0 radical (unpaired) electrons. The van der Waals surface area contributed by atoms with Gasteiger partial charge in [-0.25, -0.2) is 0 Å². The number of ketones is 1. The van der Waals surface area contributed by atoms with Crippen LogP contribution in [0.5, 0.6) is 0 Å². The molecule has 2 aromatic carbocycles. The van der Waals surface area contributed by atoms with Crippen molar-refractivity contribution in [1.82, 2.24) is 4.90 Å². The highest BCUT2D eigenvalue weighted by Gasteiger charge is 2.36. The van der Waals surface area contributed by atoms with Gasteiger partial charge in [-0.15, -0.1) is 0 Å². The van der Waals surface area contributed by atoms with E-state index < -0.39 is 5.60 Å². The first-order chi connectivity index (χ1) is 13.9. The van der Waals surface area contributed by atoms with E-state index in [1.807, 2.05) is 42.5 Å². The zero-order chi connectivity index (χ0) is 20.4. The molecule has 0 spiro atoms. The Labute approximate surface area is 171 Å². The lowest BCUT2D eigenvalue weighted by Crippen LogP contribution is -2.45. The largest absolute Gasteiger partial charge is 0.385 e. The summed E-state index contributed by atoms with van der Waals surface area (Å²) in [5.41, 5.74) is 2.78. The van der Waals surface area contributed by atoms with E-state index in [0.29, 0.717) is 12.8 Å². The zero-order valence-corrected chi connectivity index (χ0v) is 16.9. The van der Waals surface area contributed by atoms with Gasteiger partial charge < -0.3 is 15.3 Å². The van der Waals surface area contributed by atoms with Crippen LogP contribution in [0.25, 0.3) is 0 Å². The molecular formula is C24H28N2O3. The SMILES string of the molecule is CC(=O)Nc1ccc2c(c1)CCC(CN1CCC(O)(c3ccccc3)CC1)C2=O. The van der Waals surface area contributed by atoms with E-state index in [9.17, 15) is 14.7 Å². The predicted molar refractivity (Wildman–Crippen MR) is 113 cm³/mol. The fourth-order valence-corrected chi connectivity index (χ4v) is 4.63. The van der Waals surface area contributed by atoms with Gasteiger partial charge >= 0.3 is 0 Å². The number of anilines is 1. The number of fused-ring (bicyclic) bond motifs is 1. The molecule has 1 unspecified atom stereocenters. The Bertz CT molecular complexity index is 902. The summed E-state index contributed by atoms with van der Waals surface area (Å²) in [4.78, 5) is 26.6. The molecule has 5 nitrogen and oxygen atoms in total. The number of aryl methyl sites for hydroxylation is 1. The molecule has 0 aromatic heterocycles. The number of piperidine rings is 1. The standard InChI is InChI=1S/C24H28N2O3/c1-17(27)25-21-9-10-22-18(15-21)7-8-19(23(22)28)16-26-13-11-24(29,12-14-26)20-5-3-2-4-6-20/h2-6,9-10,15,19,29H,7-8,11-14,16H2,1H3,(H,25,27). The van der Waals surface area contributed by atoms with Crippen molar-refractivity contribution < 1.29 is 14.7 Å². The molecule has 4 rings (SSSR count). The fraction of sp³-hybridized carbons (Fsp3) is 0.417. The van der Waals surface area contributed by atoms with Gasteiger partial charge in [0.25, 0.3) is 0 Å². The van der Waals surface area contributed by atoms with Crippen molar-refractivity contribution in [2.75, 3.05) is 25.0 Å². The van der Waals surface area contributed by atoms with Gasteiger partial charge in [0.2, 0.25) is 5.91 Å². The van der Waals surface area contributed by atoms with E-state index in [4.69, 9.17) is 0 Å². The highest BCUT2D eigenvalue weighted by atomic mass is 16.3. The molecule has 0 saturated carbocycles. The van der Waals surface area contributed by atoms with E-state index in [1.165, 1.54) is 6.92 Å². The summed E-state index contributed by atoms with van der Waals surface area (Å²) < 4.78 is 0. The highest BCUT2D eigenvalue weighted by molar-refractivity contribution is 6.01. The molecule has 1 fully saturated rings. The number of nitrogens with one attached hydrogen (secondary N) is 1. The van der Waals surface area contributed by atoms with Gasteiger partial charge in [-0.2, -0.15) is 0 Å². The molecule has 1 aliphatic carbocycles. The smallest absolute Gasteiger partial charge is 0.221 e. The quantitative estimate of drug-likeness (QED) is 0.837. The molecule has 152 valence electrons. The number of hydrogen-bond acceptors (Lipinski definition) is 4. The average Bonchev–Trinajstić information content (AvgIpc) is 2.72. The Balaban J connectivity index is 1.38. The third-order valence-corrected chi connectivity index (χ3v) is 6.30. The summed E-state index contributed by atoms with van der Waals surface area (Å²) in [6, 6.07) is 15.5. The van der Waals surface area contributed by atoms with Crippen molar-refractivity contribution in [1.29, 1.82) is 0 Å². The molecule has 5 heteroatoms. The van der Waals surface area contributed by atoms with Crippen LogP contribution in [0.15, 0.2) is 48.5 Å². The van der Waals surface area contributed by atoms with Crippen molar-refractivity contribution in [2.45, 2.75) is 38.2 Å². The molecule has 1 saturated heterocycles. The van der Waals surface area contributed by atoms with Crippen LogP contribution in [-0.2, 0) is 16.8 Å². The molecule has 2 aromatic rings. The number of nitrogens with zero attached hydrogens (tertiary/aromatic N) is 1. The second-order valence-electron chi connectivity index (χ2n) is 8.35. The molecule has 2 aliphatic rings. The Morgan fingerprint density at radius 2 is 1.90 bits per heavy atom. The van der Waals surface area contributed by atoms with Gasteiger partial charge in [-0.05, 0) is 55.0 Å². The molecule has 2 N–H and O–H groups in total. The minimum absolute atomic E-state index is 0.00275. The summed E-state index contributed by atoms with van der Waals surface area (Å²) in [7, 11) is 0. The van der Waals surface area contributed by atoms with Gasteiger partial charge in [0.05, 0.1) is 5.60 Å². The Morgan fingerprint density at radius 3 is 2.59 bits per heavy atom. The molecule has 1 amide bonds. The Morgan fingerprint density at radius 1 is 1.17 bits per heavy atom. The second kappa shape index (κ2) is 8.09. The van der Waals surface area contributed by atoms with Gasteiger partial charge in [-0.3, -0.25) is 9.59 Å². The number of hydrogen-bond donors (Lipinski definition) is 2. The minimum atomic E-state index is -0.763. The van der Waals surface area contributed by atoms with Gasteiger partial charge in [-0.1, -0.05) is 30.3 Å². The average molecular weight is 392 g/mol. The van der Waals surface area contributed by atoms with Crippen LogP contribution in [0.2, 0.25) is 0 Å². The van der Waals surface area contributed by atoms with Gasteiger partial charge in [0.1, 0.15) is 0 Å². The maximum Gasteiger partial charge on any atom is 0.221 e. The lowest BCUT2D eigenvalue weighted by Gasteiger charge is -2.40. The number of amides is 1. The summed E-state index contributed by atoms with van der Waals surface area (Å²) >= 11 is 0. The van der Waals surface area contributed by atoms with Crippen LogP contribution < -0.4 is 5.32 Å². The number of likely N-dealkylation sites (tertiary alicyclic amines) is 1. The van der Waals surface area contributed by atoms with Crippen LogP contribution >= 0.6 is 0 Å².